The summed E-state index contributed by atoms with van der Waals surface area (Å²) in [7, 11) is 0. The lowest BCUT2D eigenvalue weighted by Crippen LogP contribution is -2.27. The van der Waals surface area contributed by atoms with Crippen LogP contribution in [0.2, 0.25) is 10.0 Å². The van der Waals surface area contributed by atoms with Crippen LogP contribution in [0.15, 0.2) is 71.6 Å². The first kappa shape index (κ1) is 22.9. The maximum atomic E-state index is 13.1. The Morgan fingerprint density at radius 2 is 1.72 bits per heavy atom. The van der Waals surface area contributed by atoms with Gasteiger partial charge in [-0.2, -0.15) is 0 Å². The summed E-state index contributed by atoms with van der Waals surface area (Å²) >= 11 is 18.9. The predicted octanol–water partition coefficient (Wildman–Crippen LogP) is 7.54. The molecule has 3 nitrogen and oxygen atoms in total. The number of rotatable bonds is 6. The number of halogens is 2. The van der Waals surface area contributed by atoms with Crippen molar-refractivity contribution in [3.05, 3.63) is 98.4 Å². The minimum Gasteiger partial charge on any atom is -0.488 e. The monoisotopic (exact) mass is 499 g/mol. The highest BCUT2D eigenvalue weighted by atomic mass is 35.5. The molecule has 1 fully saturated rings. The lowest BCUT2D eigenvalue weighted by molar-refractivity contribution is -0.113. The van der Waals surface area contributed by atoms with E-state index in [4.69, 9.17) is 40.2 Å². The predicted molar refractivity (Wildman–Crippen MR) is 139 cm³/mol. The fraction of sp³-hybridized carbons (Fsp3) is 0.120. The maximum absolute atomic E-state index is 13.1. The van der Waals surface area contributed by atoms with E-state index in [1.54, 1.807) is 17.0 Å². The van der Waals surface area contributed by atoms with Crippen LogP contribution >= 0.6 is 47.2 Å². The molecule has 3 aromatic carbocycles. The number of para-hydroxylation sites is 1. The number of carbonyl (C=O) groups is 1. The number of ether oxygens (including phenoxy) is 1. The highest BCUT2D eigenvalue weighted by Crippen LogP contribution is 2.37. The minimum absolute atomic E-state index is 0.136. The fourth-order valence-corrected chi connectivity index (χ4v) is 4.84. The fourth-order valence-electron chi connectivity index (χ4n) is 3.23. The molecular formula is C25H19Cl2NO2S2. The van der Waals surface area contributed by atoms with Gasteiger partial charge >= 0.3 is 0 Å². The first-order chi connectivity index (χ1) is 15.5. The van der Waals surface area contributed by atoms with Crippen LogP contribution < -0.4 is 9.64 Å². The van der Waals surface area contributed by atoms with Crippen molar-refractivity contribution >= 4 is 69.2 Å². The van der Waals surface area contributed by atoms with Gasteiger partial charge in [-0.15, -0.1) is 0 Å². The van der Waals surface area contributed by atoms with Crippen LogP contribution in [0.5, 0.6) is 5.75 Å². The van der Waals surface area contributed by atoms with Gasteiger partial charge in [-0.1, -0.05) is 90.5 Å². The van der Waals surface area contributed by atoms with Crippen LogP contribution in [0, 0.1) is 0 Å². The van der Waals surface area contributed by atoms with E-state index in [0.29, 0.717) is 31.6 Å². The van der Waals surface area contributed by atoms with Gasteiger partial charge < -0.3 is 4.74 Å². The Hall–Kier alpha value is -2.31. The lowest BCUT2D eigenvalue weighted by Gasteiger charge is -2.14. The van der Waals surface area contributed by atoms with Gasteiger partial charge in [-0.05, 0) is 54.0 Å². The molecule has 0 saturated carbocycles. The zero-order chi connectivity index (χ0) is 22.7. The van der Waals surface area contributed by atoms with E-state index >= 15 is 0 Å². The lowest BCUT2D eigenvalue weighted by atomic mass is 10.1. The number of aryl methyl sites for hydroxylation is 1. The van der Waals surface area contributed by atoms with E-state index in [0.717, 1.165) is 23.2 Å². The number of amides is 1. The molecule has 4 rings (SSSR count). The van der Waals surface area contributed by atoms with Crippen molar-refractivity contribution in [3.8, 4) is 5.75 Å². The van der Waals surface area contributed by atoms with E-state index in [9.17, 15) is 4.79 Å². The van der Waals surface area contributed by atoms with E-state index in [2.05, 4.69) is 6.92 Å². The molecule has 3 aromatic rings. The molecule has 1 heterocycles. The molecule has 0 radical (unpaired) electrons. The summed E-state index contributed by atoms with van der Waals surface area (Å²) in [6.45, 7) is 2.42. The molecule has 0 atom stereocenters. The summed E-state index contributed by atoms with van der Waals surface area (Å²) in [5.41, 5.74) is 3.69. The number of nitrogens with zero attached hydrogens (tertiary/aromatic N) is 1. The smallest absolute Gasteiger partial charge is 0.270 e. The normalized spacial score (nSPS) is 15.0. The number of benzene rings is 3. The highest BCUT2D eigenvalue weighted by Gasteiger charge is 2.33. The molecule has 1 amide bonds. The number of hydrogen-bond donors (Lipinski definition) is 0. The largest absolute Gasteiger partial charge is 0.488 e. The second kappa shape index (κ2) is 10.1. The van der Waals surface area contributed by atoms with Crippen LogP contribution in [0.3, 0.4) is 0 Å². The second-order valence-electron chi connectivity index (χ2n) is 7.11. The topological polar surface area (TPSA) is 29.5 Å². The van der Waals surface area contributed by atoms with Gasteiger partial charge in [-0.3, -0.25) is 9.69 Å². The molecular weight excluding hydrogens is 481 g/mol. The van der Waals surface area contributed by atoms with Crippen LogP contribution in [0.25, 0.3) is 6.08 Å². The summed E-state index contributed by atoms with van der Waals surface area (Å²) in [5, 5.41) is 0.985. The third kappa shape index (κ3) is 5.02. The number of carbonyl (C=O) groups excluding carboxylic acids is 1. The Bertz CT molecular complexity index is 1210. The van der Waals surface area contributed by atoms with Gasteiger partial charge in [0.2, 0.25) is 0 Å². The van der Waals surface area contributed by atoms with Gasteiger partial charge in [-0.25, -0.2) is 0 Å². The van der Waals surface area contributed by atoms with Gasteiger partial charge in [0.05, 0.1) is 20.6 Å². The first-order valence-corrected chi connectivity index (χ1v) is 12.0. The van der Waals surface area contributed by atoms with Gasteiger partial charge in [0.25, 0.3) is 5.91 Å². The van der Waals surface area contributed by atoms with Crippen molar-refractivity contribution in [2.45, 2.75) is 20.0 Å². The molecule has 7 heteroatoms. The molecule has 0 N–H and O–H groups in total. The molecule has 0 aliphatic carbocycles. The molecule has 32 heavy (non-hydrogen) atoms. The summed E-state index contributed by atoms with van der Waals surface area (Å²) in [4.78, 5) is 15.2. The molecule has 0 aromatic heterocycles. The summed E-state index contributed by atoms with van der Waals surface area (Å²) in [5.74, 6) is 0.527. The van der Waals surface area contributed by atoms with E-state index in [1.807, 2.05) is 60.7 Å². The minimum atomic E-state index is -0.136. The Kier molecular flexibility index (Phi) is 7.21. The quantitative estimate of drug-likeness (QED) is 0.258. The average Bonchev–Trinajstić information content (AvgIpc) is 3.08. The summed E-state index contributed by atoms with van der Waals surface area (Å²) in [6, 6.07) is 20.9. The van der Waals surface area contributed by atoms with E-state index < -0.39 is 0 Å². The van der Waals surface area contributed by atoms with Crippen molar-refractivity contribution in [3.63, 3.8) is 0 Å². The first-order valence-electron chi connectivity index (χ1n) is 9.99. The Labute approximate surface area is 207 Å². The molecule has 1 aliphatic rings. The van der Waals surface area contributed by atoms with Gasteiger partial charge in [0.1, 0.15) is 12.4 Å². The number of thiocarbonyl (C=S) groups is 1. The van der Waals surface area contributed by atoms with Crippen molar-refractivity contribution < 1.29 is 9.53 Å². The van der Waals surface area contributed by atoms with Gasteiger partial charge in [0.15, 0.2) is 4.32 Å². The van der Waals surface area contributed by atoms with Crippen LogP contribution in [0.4, 0.5) is 5.69 Å². The Balaban J connectivity index is 1.55. The average molecular weight is 500 g/mol. The van der Waals surface area contributed by atoms with Crippen LogP contribution in [-0.2, 0) is 17.8 Å². The summed E-state index contributed by atoms with van der Waals surface area (Å²) < 4.78 is 6.53. The zero-order valence-corrected chi connectivity index (χ0v) is 20.3. The van der Waals surface area contributed by atoms with Crippen molar-refractivity contribution in [1.82, 2.24) is 0 Å². The summed E-state index contributed by atoms with van der Waals surface area (Å²) in [6.07, 6.45) is 2.77. The molecule has 0 spiro atoms. The van der Waals surface area contributed by atoms with Crippen molar-refractivity contribution in [1.29, 1.82) is 0 Å². The highest BCUT2D eigenvalue weighted by molar-refractivity contribution is 8.27. The third-order valence-electron chi connectivity index (χ3n) is 4.98. The molecule has 0 unspecified atom stereocenters. The molecule has 1 saturated heterocycles. The van der Waals surface area contributed by atoms with Crippen molar-refractivity contribution in [2.24, 2.45) is 0 Å². The number of thioether (sulfide) groups is 1. The molecule has 1 aliphatic heterocycles. The van der Waals surface area contributed by atoms with E-state index in [1.165, 1.54) is 17.3 Å². The second-order valence-corrected chi connectivity index (χ2v) is 9.60. The molecule has 0 bridgehead atoms. The third-order valence-corrected chi connectivity index (χ3v) is 7.02. The molecule has 162 valence electrons. The maximum Gasteiger partial charge on any atom is 0.270 e. The number of hydrogen-bond acceptors (Lipinski definition) is 4. The van der Waals surface area contributed by atoms with E-state index in [-0.39, 0.29) is 5.91 Å². The Morgan fingerprint density at radius 1 is 1.00 bits per heavy atom. The SMILES string of the molecule is CCc1ccc(N2C(=O)/C(=C/c3ccccc3OCc3ccc(Cl)c(Cl)c3)SC2=S)cc1. The van der Waals surface area contributed by atoms with Crippen LogP contribution in [0.1, 0.15) is 23.6 Å². The van der Waals surface area contributed by atoms with Gasteiger partial charge in [0, 0.05) is 5.56 Å². The van der Waals surface area contributed by atoms with Crippen LogP contribution in [-0.4, -0.2) is 10.2 Å². The number of anilines is 1. The zero-order valence-electron chi connectivity index (χ0n) is 17.2. The standard InChI is InChI=1S/C25H19Cl2NO2S2/c1-2-16-7-10-19(11-8-16)28-24(29)23(32-25(28)31)14-18-5-3-4-6-22(18)30-15-17-9-12-20(26)21(27)13-17/h3-14H,2,15H2,1H3/b23-14-. The Morgan fingerprint density at radius 3 is 2.44 bits per heavy atom. The van der Waals surface area contributed by atoms with Crippen molar-refractivity contribution in [2.75, 3.05) is 4.90 Å².